The molecule has 1 aromatic rings. The number of carbonyl (C=O) groups excluding carboxylic acids is 1. The average molecular weight is 362 g/mol. The molecule has 1 aliphatic carbocycles. The van der Waals surface area contributed by atoms with E-state index in [4.69, 9.17) is 34.8 Å². The van der Waals surface area contributed by atoms with Gasteiger partial charge in [0, 0.05) is 10.6 Å². The maximum absolute atomic E-state index is 12.1. The summed E-state index contributed by atoms with van der Waals surface area (Å²) in [6.07, 6.45) is 3.01. The van der Waals surface area contributed by atoms with Gasteiger partial charge in [-0.05, 0) is 35.6 Å². The molecular formula is C15H15Cl3N2O2. The highest BCUT2D eigenvalue weighted by atomic mass is 35.5. The molecule has 1 aromatic carbocycles. The summed E-state index contributed by atoms with van der Waals surface area (Å²) in [6, 6.07) is 4.57. The second-order valence-electron chi connectivity index (χ2n) is 5.72. The number of phenolic OH excluding ortho intramolecular Hbond substituents is 1. The lowest BCUT2D eigenvalue weighted by Gasteiger charge is -2.02. The van der Waals surface area contributed by atoms with E-state index in [0.717, 1.165) is 0 Å². The van der Waals surface area contributed by atoms with E-state index in [2.05, 4.69) is 10.5 Å². The molecule has 0 saturated heterocycles. The van der Waals surface area contributed by atoms with Crippen LogP contribution in [0.15, 0.2) is 33.9 Å². The van der Waals surface area contributed by atoms with Crippen molar-refractivity contribution < 1.29 is 9.90 Å². The first-order valence-corrected chi connectivity index (χ1v) is 7.71. The van der Waals surface area contributed by atoms with E-state index < -0.39 is 0 Å². The highest BCUT2D eigenvalue weighted by Crippen LogP contribution is 2.59. The second-order valence-corrected chi connectivity index (χ2v) is 7.16. The van der Waals surface area contributed by atoms with E-state index in [9.17, 15) is 9.90 Å². The molecule has 2 atom stereocenters. The fourth-order valence-corrected chi connectivity index (χ4v) is 2.94. The number of rotatable bonds is 4. The first-order valence-electron chi connectivity index (χ1n) is 6.57. The number of aromatic hydroxyl groups is 1. The number of hydrogen-bond acceptors (Lipinski definition) is 3. The highest BCUT2D eigenvalue weighted by molar-refractivity contribution is 6.55. The predicted octanol–water partition coefficient (Wildman–Crippen LogP) is 4.09. The molecule has 7 heteroatoms. The summed E-state index contributed by atoms with van der Waals surface area (Å²) in [4.78, 5) is 12.1. The molecule has 1 fully saturated rings. The molecular weight excluding hydrogens is 347 g/mol. The number of carbonyl (C=O) groups is 1. The van der Waals surface area contributed by atoms with Crippen LogP contribution in [0.4, 0.5) is 0 Å². The second kappa shape index (κ2) is 6.49. The monoisotopic (exact) mass is 360 g/mol. The molecule has 0 spiro atoms. The molecule has 1 saturated carbocycles. The molecule has 4 nitrogen and oxygen atoms in total. The summed E-state index contributed by atoms with van der Waals surface area (Å²) in [7, 11) is 0. The zero-order chi connectivity index (χ0) is 16.5. The highest BCUT2D eigenvalue weighted by Gasteiger charge is 2.60. The molecule has 2 unspecified atom stereocenters. The summed E-state index contributed by atoms with van der Waals surface area (Å²) in [5, 5.41) is 14.0. The smallest absolute Gasteiger partial charge is 0.244 e. The number of benzene rings is 1. The Morgan fingerprint density at radius 1 is 1.41 bits per heavy atom. The number of amides is 1. The molecule has 0 heterocycles. The van der Waals surface area contributed by atoms with Crippen molar-refractivity contribution in [1.29, 1.82) is 0 Å². The van der Waals surface area contributed by atoms with Crippen LogP contribution in [-0.4, -0.2) is 17.2 Å². The third-order valence-corrected chi connectivity index (χ3v) is 4.35. The van der Waals surface area contributed by atoms with Crippen molar-refractivity contribution in [3.05, 3.63) is 39.4 Å². The minimum absolute atomic E-state index is 0.0210. The van der Waals surface area contributed by atoms with Crippen LogP contribution in [0.25, 0.3) is 0 Å². The number of nitrogens with one attached hydrogen (secondary N) is 1. The molecule has 1 amide bonds. The van der Waals surface area contributed by atoms with E-state index in [1.807, 2.05) is 13.8 Å². The van der Waals surface area contributed by atoms with Gasteiger partial charge >= 0.3 is 0 Å². The molecule has 0 aliphatic heterocycles. The van der Waals surface area contributed by atoms with Crippen LogP contribution in [0.5, 0.6) is 5.75 Å². The van der Waals surface area contributed by atoms with E-state index in [1.165, 1.54) is 12.3 Å². The Morgan fingerprint density at radius 2 is 2.09 bits per heavy atom. The standard InChI is InChI=1S/C15H15Cl3N2O2/c1-15(2)10(6-12(17)18)13(15)14(22)20-19-7-8-5-9(16)3-4-11(8)21/h3-7,10,13,21H,1-2H3,(H,20,22)/b19-7+. The Hall–Kier alpha value is -1.23. The summed E-state index contributed by atoms with van der Waals surface area (Å²) in [6.45, 7) is 3.92. The van der Waals surface area contributed by atoms with Crippen molar-refractivity contribution in [1.82, 2.24) is 5.43 Å². The Kier molecular flexibility index (Phi) is 5.05. The van der Waals surface area contributed by atoms with Gasteiger partial charge in [0.05, 0.1) is 12.1 Å². The van der Waals surface area contributed by atoms with Crippen LogP contribution < -0.4 is 5.43 Å². The van der Waals surface area contributed by atoms with Gasteiger partial charge in [-0.15, -0.1) is 0 Å². The number of allylic oxidation sites excluding steroid dienone is 1. The lowest BCUT2D eigenvalue weighted by molar-refractivity contribution is -0.123. The first kappa shape index (κ1) is 17.1. The lowest BCUT2D eigenvalue weighted by atomic mass is 10.1. The van der Waals surface area contributed by atoms with Crippen LogP contribution in [0, 0.1) is 17.3 Å². The quantitative estimate of drug-likeness (QED) is 0.627. The summed E-state index contributed by atoms with van der Waals surface area (Å²) in [5.41, 5.74) is 2.66. The van der Waals surface area contributed by atoms with Crippen molar-refractivity contribution in [2.24, 2.45) is 22.4 Å². The SMILES string of the molecule is CC1(C)C(C=C(Cl)Cl)C1C(=O)N/N=C/c1cc(Cl)ccc1O. The van der Waals surface area contributed by atoms with Crippen molar-refractivity contribution >= 4 is 46.9 Å². The van der Waals surface area contributed by atoms with E-state index in [1.54, 1.807) is 18.2 Å². The first-order chi connectivity index (χ1) is 10.2. The molecule has 2 N–H and O–H groups in total. The normalized spacial score (nSPS) is 22.4. The third kappa shape index (κ3) is 3.75. The fraction of sp³-hybridized carbons (Fsp3) is 0.333. The molecule has 0 radical (unpaired) electrons. The van der Waals surface area contributed by atoms with Crippen LogP contribution in [0.2, 0.25) is 5.02 Å². The van der Waals surface area contributed by atoms with Gasteiger partial charge in [-0.2, -0.15) is 5.10 Å². The van der Waals surface area contributed by atoms with Crippen molar-refractivity contribution in [2.45, 2.75) is 13.8 Å². The Morgan fingerprint density at radius 3 is 2.73 bits per heavy atom. The number of hydrazone groups is 1. The largest absolute Gasteiger partial charge is 0.507 e. The van der Waals surface area contributed by atoms with Gasteiger partial charge in [-0.3, -0.25) is 4.79 Å². The zero-order valence-corrected chi connectivity index (χ0v) is 14.2. The fourth-order valence-electron chi connectivity index (χ4n) is 2.49. The minimum atomic E-state index is -0.245. The van der Waals surface area contributed by atoms with Gasteiger partial charge in [0.25, 0.3) is 0 Å². The van der Waals surface area contributed by atoms with Crippen LogP contribution in [0.1, 0.15) is 19.4 Å². The Bertz CT molecular complexity index is 652. The molecule has 1 aliphatic rings. The summed E-state index contributed by atoms with van der Waals surface area (Å²) < 4.78 is 0.153. The minimum Gasteiger partial charge on any atom is -0.507 e. The predicted molar refractivity (Wildman–Crippen MR) is 89.4 cm³/mol. The Labute approximate surface area is 143 Å². The maximum Gasteiger partial charge on any atom is 0.244 e. The summed E-state index contributed by atoms with van der Waals surface area (Å²) in [5.74, 6) is -0.458. The number of hydrogen-bond donors (Lipinski definition) is 2. The van der Waals surface area contributed by atoms with E-state index in [-0.39, 0.29) is 33.4 Å². The molecule has 118 valence electrons. The van der Waals surface area contributed by atoms with Gasteiger partial charge in [0.1, 0.15) is 10.2 Å². The zero-order valence-electron chi connectivity index (χ0n) is 12.0. The van der Waals surface area contributed by atoms with Gasteiger partial charge < -0.3 is 5.11 Å². The topological polar surface area (TPSA) is 61.7 Å². The van der Waals surface area contributed by atoms with Gasteiger partial charge in [0.15, 0.2) is 0 Å². The van der Waals surface area contributed by atoms with Crippen molar-refractivity contribution in [2.75, 3.05) is 0 Å². The van der Waals surface area contributed by atoms with Crippen LogP contribution in [-0.2, 0) is 4.79 Å². The van der Waals surface area contributed by atoms with Crippen LogP contribution in [0.3, 0.4) is 0 Å². The average Bonchev–Trinajstić information content (AvgIpc) is 2.94. The van der Waals surface area contributed by atoms with Crippen LogP contribution >= 0.6 is 34.8 Å². The third-order valence-electron chi connectivity index (χ3n) is 3.87. The lowest BCUT2D eigenvalue weighted by Crippen LogP contribution is -2.21. The van der Waals surface area contributed by atoms with Gasteiger partial charge in [0.2, 0.25) is 5.91 Å². The number of halogens is 3. The maximum atomic E-state index is 12.1. The van der Waals surface area contributed by atoms with E-state index in [0.29, 0.717) is 10.6 Å². The number of phenols is 1. The van der Waals surface area contributed by atoms with Crippen molar-refractivity contribution in [3.63, 3.8) is 0 Å². The van der Waals surface area contributed by atoms with Crippen molar-refractivity contribution in [3.8, 4) is 5.75 Å². The molecule has 22 heavy (non-hydrogen) atoms. The summed E-state index contributed by atoms with van der Waals surface area (Å²) >= 11 is 17.1. The number of nitrogens with zero attached hydrogens (tertiary/aromatic N) is 1. The van der Waals surface area contributed by atoms with Gasteiger partial charge in [-0.25, -0.2) is 5.43 Å². The Balaban J connectivity index is 2.00. The molecule has 0 bridgehead atoms. The molecule has 0 aromatic heterocycles. The molecule has 2 rings (SSSR count). The van der Waals surface area contributed by atoms with Gasteiger partial charge in [-0.1, -0.05) is 48.7 Å². The van der Waals surface area contributed by atoms with E-state index >= 15 is 0 Å².